The number of nitrogens with zero attached hydrogens (tertiary/aromatic N) is 1. The Morgan fingerprint density at radius 1 is 0.791 bits per heavy atom. The summed E-state index contributed by atoms with van der Waals surface area (Å²) in [6, 6.07) is 26.8. The fourth-order valence-electron chi connectivity index (χ4n) is 12.6. The first-order chi connectivity index (χ1) is 20.7. The van der Waals surface area contributed by atoms with Crippen LogP contribution in [0.3, 0.4) is 0 Å². The zero-order valence-electron chi connectivity index (χ0n) is 24.9. The molecule has 10 aliphatic rings. The third kappa shape index (κ3) is 1.73. The first-order valence-corrected chi connectivity index (χ1v) is 21.4. The van der Waals surface area contributed by atoms with Gasteiger partial charge in [-0.1, -0.05) is 0 Å². The molecule has 43 heavy (non-hydrogen) atoms. The van der Waals surface area contributed by atoms with E-state index >= 15 is 0 Å². The fraction of sp³-hybridized carbons (Fsp3) is 0.200. The van der Waals surface area contributed by atoms with Gasteiger partial charge in [0.15, 0.2) is 0 Å². The Bertz CT molecular complexity index is 2400. The number of rotatable bonds is 3. The van der Waals surface area contributed by atoms with E-state index in [0.717, 1.165) is 31.1 Å². The molecule has 7 fully saturated rings. The Labute approximate surface area is 256 Å². The molecule has 4 aromatic carbocycles. The van der Waals surface area contributed by atoms with Crippen molar-refractivity contribution in [3.8, 4) is 5.69 Å². The van der Waals surface area contributed by atoms with Crippen molar-refractivity contribution in [3.05, 3.63) is 89.0 Å². The van der Waals surface area contributed by atoms with Crippen LogP contribution in [0.1, 0.15) is 49.9 Å². The van der Waals surface area contributed by atoms with Crippen molar-refractivity contribution in [1.29, 1.82) is 0 Å². The first-order valence-electron chi connectivity index (χ1n) is 16.5. The Balaban J connectivity index is 1.22. The quantitative estimate of drug-likeness (QED) is 0.255. The molecular weight excluding hydrogens is 548 g/mol. The van der Waals surface area contributed by atoms with Gasteiger partial charge in [-0.25, -0.2) is 0 Å². The number of hydrogen-bond acceptors (Lipinski definition) is 1. The molecule has 15 rings (SSSR count). The van der Waals surface area contributed by atoms with Gasteiger partial charge in [0.05, 0.1) is 0 Å². The van der Waals surface area contributed by atoms with Crippen LogP contribution in [-0.2, 0) is 10.8 Å². The Hall–Kier alpha value is -1.92. The summed E-state index contributed by atoms with van der Waals surface area (Å²) in [5.74, 6) is 0. The molecule has 193 valence electrons. The molecule has 1 aromatic heterocycles. The van der Waals surface area contributed by atoms with Crippen LogP contribution in [-0.4, -0.2) is 63.2 Å². The van der Waals surface area contributed by atoms with Crippen molar-refractivity contribution in [2.75, 3.05) is 0 Å². The summed E-state index contributed by atoms with van der Waals surface area (Å²) in [6.45, 7) is 15.9. The number of para-hydroxylation sites is 1. The Kier molecular flexibility index (Phi) is 2.91. The Morgan fingerprint density at radius 2 is 1.47 bits per heavy atom. The summed E-state index contributed by atoms with van der Waals surface area (Å²) >= 11 is 0. The molecule has 2 nitrogen and oxygen atoms in total. The summed E-state index contributed by atoms with van der Waals surface area (Å²) in [4.78, 5) is 4.81. The molecule has 2 bridgehead atoms. The van der Waals surface area contributed by atoms with Gasteiger partial charge in [-0.05, 0) is 0 Å². The summed E-state index contributed by atoms with van der Waals surface area (Å²) in [5.41, 5.74) is 15.3. The fourth-order valence-corrected chi connectivity index (χ4v) is 32.1. The number of benzene rings is 4. The van der Waals surface area contributed by atoms with Gasteiger partial charge in [0.2, 0.25) is 0 Å². The van der Waals surface area contributed by atoms with Crippen molar-refractivity contribution >= 4 is 115 Å². The molecule has 0 unspecified atom stereocenters. The number of nitrogens with one attached hydrogen (secondary N) is 1. The van der Waals surface area contributed by atoms with Crippen molar-refractivity contribution < 1.29 is 0 Å². The zero-order chi connectivity index (χ0) is 28.0. The van der Waals surface area contributed by atoms with Crippen LogP contribution in [0, 0.1) is 0 Å². The number of aromatic nitrogens is 1. The molecule has 0 saturated carbocycles. The van der Waals surface area contributed by atoms with E-state index in [9.17, 15) is 0 Å². The summed E-state index contributed by atoms with van der Waals surface area (Å²) in [5, 5.41) is 4.90. The SMILES string of the molecule is CC1(C)c2cccc3c2B2c4c1cccc4C(C)(C)c1cc(P45(NP678[B]B6B7[B-]8)B6[B-]B4B65)c4c5ccccc5n-3c4c12. The normalized spacial score (nSPS) is 28.7. The number of fused-ring (bicyclic) bond motifs is 5. The summed E-state index contributed by atoms with van der Waals surface area (Å²) in [6.07, 6.45) is 0.735. The Morgan fingerprint density at radius 3 is 2.12 bits per heavy atom. The van der Waals surface area contributed by atoms with Gasteiger partial charge < -0.3 is 0 Å². The molecule has 0 amide bonds. The predicted molar refractivity (Wildman–Crippen MR) is 199 cm³/mol. The molecule has 5 radical (unpaired) electrons. The second-order valence-electron chi connectivity index (χ2n) is 16.9. The topological polar surface area (TPSA) is 17.0 Å². The van der Waals surface area contributed by atoms with Crippen molar-refractivity contribution in [1.82, 2.24) is 9.42 Å². The van der Waals surface area contributed by atoms with Gasteiger partial charge in [-0.3, -0.25) is 0 Å². The molecule has 7 saturated heterocycles. The second kappa shape index (κ2) is 5.55. The zero-order valence-corrected chi connectivity index (χ0v) is 26.7. The monoisotopic (exact) mass is 573 g/mol. The molecule has 10 aliphatic heterocycles. The van der Waals surface area contributed by atoms with Gasteiger partial charge in [0.1, 0.15) is 0 Å². The first kappa shape index (κ1) is 22.6. The van der Waals surface area contributed by atoms with Crippen LogP contribution in [0.2, 0.25) is 0 Å². The van der Waals surface area contributed by atoms with E-state index < -0.39 is 12.7 Å². The van der Waals surface area contributed by atoms with Crippen molar-refractivity contribution in [2.24, 2.45) is 0 Å². The van der Waals surface area contributed by atoms with Gasteiger partial charge in [0, 0.05) is 0 Å². The van der Waals surface area contributed by atoms with Gasteiger partial charge >= 0.3 is 257 Å². The van der Waals surface area contributed by atoms with E-state index in [0.29, 0.717) is 6.71 Å². The molecule has 0 aliphatic carbocycles. The van der Waals surface area contributed by atoms with Crippen molar-refractivity contribution in [2.45, 2.75) is 38.5 Å². The maximum atomic E-state index is 4.81. The van der Waals surface area contributed by atoms with Gasteiger partial charge in [-0.15, -0.1) is 0 Å². The predicted octanol–water partition coefficient (Wildman–Crippen LogP) is 2.25. The summed E-state index contributed by atoms with van der Waals surface area (Å²) in [7, 11) is 2.75. The van der Waals surface area contributed by atoms with E-state index in [1.165, 1.54) is 27.7 Å². The molecule has 13 heteroatoms. The number of hydrogen-bond donors (Lipinski definition) is 1. The van der Waals surface area contributed by atoms with E-state index in [2.05, 4.69) is 120 Å². The molecular formula is C30H24B9N2P2-2. The third-order valence-electron chi connectivity index (χ3n) is 15.2. The van der Waals surface area contributed by atoms with E-state index in [4.69, 9.17) is 4.86 Å². The van der Waals surface area contributed by atoms with Crippen molar-refractivity contribution in [3.63, 3.8) is 0 Å². The van der Waals surface area contributed by atoms with E-state index in [-0.39, 0.29) is 10.8 Å². The average molecular weight is 572 g/mol. The van der Waals surface area contributed by atoms with Crippen LogP contribution in [0.4, 0.5) is 0 Å². The average Bonchev–Trinajstić information content (AvgIpc) is 3.94. The van der Waals surface area contributed by atoms with E-state index in [1.807, 2.05) is 0 Å². The second-order valence-corrected chi connectivity index (χ2v) is 27.3. The molecule has 5 aromatic rings. The summed E-state index contributed by atoms with van der Waals surface area (Å²) < 4.78 is 2.74. The molecule has 11 heterocycles. The molecule has 0 atom stereocenters. The van der Waals surface area contributed by atoms with Crippen LogP contribution in [0.5, 0.6) is 0 Å². The van der Waals surface area contributed by atoms with E-state index in [1.54, 1.807) is 43.7 Å². The third-order valence-corrected chi connectivity index (χ3v) is 29.6. The van der Waals surface area contributed by atoms with Crippen LogP contribution >= 0.6 is 12.7 Å². The maximum absolute atomic E-state index is 4.81. The van der Waals surface area contributed by atoms with Crippen LogP contribution < -0.4 is 26.6 Å². The standard InChI is InChI=1S/C30H24B9N2P2/c1-29(2)17-10-7-11-18-25(17)34-26-19(29)12-8-14-22(26)41-21-13-6-5-9-16(21)24-23(15-20(30(18,3)4)27(34)28(24)41)42(35-31-36(42)39(35)42)40-43-32-37(43)38(43)33-43/h5-15,40H,1-4H3/q-2. The molecule has 1 N–H and O–H groups in total. The van der Waals surface area contributed by atoms with Gasteiger partial charge in [-0.2, -0.15) is 0 Å². The van der Waals surface area contributed by atoms with Gasteiger partial charge in [0.25, 0.3) is 0 Å². The van der Waals surface area contributed by atoms with Crippen LogP contribution in [0.25, 0.3) is 27.5 Å². The molecule has 1 spiro atoms. The van der Waals surface area contributed by atoms with Crippen LogP contribution in [0.15, 0.2) is 66.7 Å². The minimum absolute atomic E-state index is 0.0338. The minimum atomic E-state index is -2.16.